The van der Waals surface area contributed by atoms with Gasteiger partial charge in [-0.3, -0.25) is 4.98 Å². The van der Waals surface area contributed by atoms with E-state index < -0.39 is 0 Å². The third-order valence-electron chi connectivity index (χ3n) is 2.57. The highest BCUT2D eigenvalue weighted by molar-refractivity contribution is 5.55. The molecule has 1 heterocycles. The Labute approximate surface area is 98.2 Å². The van der Waals surface area contributed by atoms with Crippen LogP contribution in [0.2, 0.25) is 0 Å². The predicted molar refractivity (Wildman–Crippen MR) is 68.2 cm³/mol. The van der Waals surface area contributed by atoms with E-state index in [1.54, 1.807) is 13.3 Å². The van der Waals surface area contributed by atoms with Crippen LogP contribution in [0.15, 0.2) is 12.3 Å². The van der Waals surface area contributed by atoms with Crippen LogP contribution in [0.3, 0.4) is 0 Å². The first kappa shape index (κ1) is 12.8. The number of aryl methyl sites for hydroxylation is 1. The van der Waals surface area contributed by atoms with Crippen LogP contribution in [-0.2, 0) is 0 Å². The highest BCUT2D eigenvalue weighted by atomic mass is 16.5. The highest BCUT2D eigenvalue weighted by Crippen LogP contribution is 2.23. The Morgan fingerprint density at radius 3 is 2.81 bits per heavy atom. The summed E-state index contributed by atoms with van der Waals surface area (Å²) in [5, 5.41) is 3.40. The van der Waals surface area contributed by atoms with E-state index in [-0.39, 0.29) is 0 Å². The molecule has 16 heavy (non-hydrogen) atoms. The third kappa shape index (κ3) is 4.09. The minimum Gasteiger partial charge on any atom is -0.493 e. The average Bonchev–Trinajstić information content (AvgIpc) is 2.29. The molecule has 1 aromatic rings. The van der Waals surface area contributed by atoms with Crippen LogP contribution in [0.1, 0.15) is 38.3 Å². The van der Waals surface area contributed by atoms with Gasteiger partial charge in [-0.15, -0.1) is 0 Å². The standard InChI is InChI=1S/C13H22N2O/c1-4-5-6-7-8-14-12-9-11(2)15-10-13(12)16-3/h9-10H,4-8H2,1-3H3,(H,14,15). The molecule has 0 aromatic carbocycles. The highest BCUT2D eigenvalue weighted by Gasteiger charge is 2.02. The first-order valence-electron chi connectivity index (χ1n) is 6.02. The van der Waals surface area contributed by atoms with E-state index in [0.29, 0.717) is 0 Å². The summed E-state index contributed by atoms with van der Waals surface area (Å²) in [4.78, 5) is 4.20. The number of anilines is 1. The van der Waals surface area contributed by atoms with Crippen molar-refractivity contribution in [3.05, 3.63) is 18.0 Å². The fourth-order valence-electron chi connectivity index (χ4n) is 1.62. The summed E-state index contributed by atoms with van der Waals surface area (Å²) in [6.45, 7) is 5.21. The molecule has 0 unspecified atom stereocenters. The molecule has 3 nitrogen and oxygen atoms in total. The molecule has 0 fully saturated rings. The summed E-state index contributed by atoms with van der Waals surface area (Å²) in [5.74, 6) is 0.820. The molecular formula is C13H22N2O. The number of nitrogens with zero attached hydrogens (tertiary/aromatic N) is 1. The van der Waals surface area contributed by atoms with Crippen LogP contribution in [0.5, 0.6) is 5.75 Å². The number of aromatic nitrogens is 1. The summed E-state index contributed by atoms with van der Waals surface area (Å²) in [5.41, 5.74) is 2.06. The molecule has 90 valence electrons. The Bertz CT molecular complexity index is 313. The van der Waals surface area contributed by atoms with Gasteiger partial charge >= 0.3 is 0 Å². The van der Waals surface area contributed by atoms with Gasteiger partial charge in [-0.25, -0.2) is 0 Å². The van der Waals surface area contributed by atoms with Gasteiger partial charge < -0.3 is 10.1 Å². The van der Waals surface area contributed by atoms with Gasteiger partial charge in [0.1, 0.15) is 0 Å². The van der Waals surface area contributed by atoms with Crippen LogP contribution >= 0.6 is 0 Å². The number of pyridine rings is 1. The lowest BCUT2D eigenvalue weighted by atomic mass is 10.2. The van der Waals surface area contributed by atoms with Gasteiger partial charge in [0.25, 0.3) is 0 Å². The Kier molecular flexibility index (Phi) is 5.68. The van der Waals surface area contributed by atoms with Crippen molar-refractivity contribution >= 4 is 5.69 Å². The molecule has 0 aliphatic carbocycles. The van der Waals surface area contributed by atoms with Crippen molar-refractivity contribution in [3.8, 4) is 5.75 Å². The van der Waals surface area contributed by atoms with E-state index in [9.17, 15) is 0 Å². The first-order chi connectivity index (χ1) is 7.77. The molecule has 0 spiro atoms. The van der Waals surface area contributed by atoms with E-state index >= 15 is 0 Å². The Morgan fingerprint density at radius 1 is 1.31 bits per heavy atom. The summed E-state index contributed by atoms with van der Waals surface area (Å²) >= 11 is 0. The first-order valence-corrected chi connectivity index (χ1v) is 6.02. The molecule has 0 saturated carbocycles. The van der Waals surface area contributed by atoms with Gasteiger partial charge in [0, 0.05) is 12.2 Å². The molecule has 1 N–H and O–H groups in total. The molecule has 1 rings (SSSR count). The van der Waals surface area contributed by atoms with Crippen molar-refractivity contribution in [1.29, 1.82) is 0 Å². The molecular weight excluding hydrogens is 200 g/mol. The maximum Gasteiger partial charge on any atom is 0.160 e. The lowest BCUT2D eigenvalue weighted by molar-refractivity contribution is 0.414. The number of methoxy groups -OCH3 is 1. The number of hydrogen-bond donors (Lipinski definition) is 1. The zero-order chi connectivity index (χ0) is 11.8. The zero-order valence-corrected chi connectivity index (χ0v) is 10.5. The lowest BCUT2D eigenvalue weighted by Gasteiger charge is -2.11. The normalized spacial score (nSPS) is 10.2. The molecule has 0 radical (unpaired) electrons. The summed E-state index contributed by atoms with van der Waals surface area (Å²) < 4.78 is 5.25. The van der Waals surface area contributed by atoms with Crippen molar-refractivity contribution in [1.82, 2.24) is 4.98 Å². The number of unbranched alkanes of at least 4 members (excludes halogenated alkanes) is 3. The number of rotatable bonds is 7. The largest absolute Gasteiger partial charge is 0.493 e. The molecule has 0 bridgehead atoms. The monoisotopic (exact) mass is 222 g/mol. The summed E-state index contributed by atoms with van der Waals surface area (Å²) in [6.07, 6.45) is 6.85. The SMILES string of the molecule is CCCCCCNc1cc(C)ncc1OC. The second kappa shape index (κ2) is 7.09. The number of nitrogens with one attached hydrogen (secondary N) is 1. The quantitative estimate of drug-likeness (QED) is 0.718. The van der Waals surface area contributed by atoms with Gasteiger partial charge in [0.15, 0.2) is 5.75 Å². The van der Waals surface area contributed by atoms with Crippen molar-refractivity contribution in [2.24, 2.45) is 0 Å². The fraction of sp³-hybridized carbons (Fsp3) is 0.615. The van der Waals surface area contributed by atoms with Crippen LogP contribution in [-0.4, -0.2) is 18.6 Å². The van der Waals surface area contributed by atoms with Crippen molar-refractivity contribution in [2.45, 2.75) is 39.5 Å². The maximum atomic E-state index is 5.25. The van der Waals surface area contributed by atoms with E-state index in [1.165, 1.54) is 25.7 Å². The van der Waals surface area contributed by atoms with Crippen molar-refractivity contribution < 1.29 is 4.74 Å². The summed E-state index contributed by atoms with van der Waals surface area (Å²) in [7, 11) is 1.68. The van der Waals surface area contributed by atoms with Crippen molar-refractivity contribution in [3.63, 3.8) is 0 Å². The van der Waals surface area contributed by atoms with E-state index in [0.717, 1.165) is 23.7 Å². The molecule has 0 saturated heterocycles. The molecule has 0 aliphatic heterocycles. The minimum absolute atomic E-state index is 0.820. The van der Waals surface area contributed by atoms with Crippen molar-refractivity contribution in [2.75, 3.05) is 19.0 Å². The van der Waals surface area contributed by atoms with Crippen LogP contribution in [0.4, 0.5) is 5.69 Å². The Morgan fingerprint density at radius 2 is 2.12 bits per heavy atom. The number of ether oxygens (including phenoxy) is 1. The van der Waals surface area contributed by atoms with Gasteiger partial charge in [-0.05, 0) is 19.4 Å². The Hall–Kier alpha value is -1.25. The summed E-state index contributed by atoms with van der Waals surface area (Å²) in [6, 6.07) is 2.03. The molecule has 3 heteroatoms. The molecule has 0 aliphatic rings. The number of hydrogen-bond acceptors (Lipinski definition) is 3. The van der Waals surface area contributed by atoms with E-state index in [4.69, 9.17) is 4.74 Å². The smallest absolute Gasteiger partial charge is 0.160 e. The lowest BCUT2D eigenvalue weighted by Crippen LogP contribution is -2.04. The van der Waals surface area contributed by atoms with Gasteiger partial charge in [-0.1, -0.05) is 26.2 Å². The van der Waals surface area contributed by atoms with Crippen LogP contribution < -0.4 is 10.1 Å². The minimum atomic E-state index is 0.820. The second-order valence-electron chi connectivity index (χ2n) is 4.01. The van der Waals surface area contributed by atoms with Gasteiger partial charge in [0.05, 0.1) is 19.0 Å². The van der Waals surface area contributed by atoms with Gasteiger partial charge in [0.2, 0.25) is 0 Å². The average molecular weight is 222 g/mol. The topological polar surface area (TPSA) is 34.2 Å². The molecule has 0 atom stereocenters. The Balaban J connectivity index is 2.42. The molecule has 0 amide bonds. The van der Waals surface area contributed by atoms with Crippen LogP contribution in [0.25, 0.3) is 0 Å². The van der Waals surface area contributed by atoms with E-state index in [1.807, 2.05) is 13.0 Å². The van der Waals surface area contributed by atoms with Gasteiger partial charge in [-0.2, -0.15) is 0 Å². The fourth-order valence-corrected chi connectivity index (χ4v) is 1.62. The third-order valence-corrected chi connectivity index (χ3v) is 2.57. The molecule has 1 aromatic heterocycles. The maximum absolute atomic E-state index is 5.25. The predicted octanol–water partition coefficient (Wildman–Crippen LogP) is 3.39. The van der Waals surface area contributed by atoms with E-state index in [2.05, 4.69) is 17.2 Å². The second-order valence-corrected chi connectivity index (χ2v) is 4.01. The zero-order valence-electron chi connectivity index (χ0n) is 10.5. The van der Waals surface area contributed by atoms with Crippen LogP contribution in [0, 0.1) is 6.92 Å².